The first-order valence-corrected chi connectivity index (χ1v) is 8.06. The Balaban J connectivity index is 2.15. The number of ether oxygens (including phenoxy) is 1. The van der Waals surface area contributed by atoms with E-state index in [1.165, 1.54) is 23.9 Å². The number of aromatic nitrogens is 2. The second-order valence-corrected chi connectivity index (χ2v) is 6.31. The average molecular weight is 403 g/mol. The quantitative estimate of drug-likeness (QED) is 0.565. The monoisotopic (exact) mass is 402 g/mol. The highest BCUT2D eigenvalue weighted by molar-refractivity contribution is 6.35. The fourth-order valence-electron chi connectivity index (χ4n) is 2.55. The SMILES string of the molecule is COC(=O)c1c2ccc(C(F)(F)F)cc2nn1Cc1ccc(Cl)cc1Cl. The molecule has 3 rings (SSSR count). The Labute approximate surface area is 156 Å². The number of carbonyl (C=O) groups is 1. The van der Waals surface area contributed by atoms with Gasteiger partial charge in [-0.25, -0.2) is 4.79 Å². The summed E-state index contributed by atoms with van der Waals surface area (Å²) in [5, 5.41) is 5.19. The number of nitrogens with zero attached hydrogens (tertiary/aromatic N) is 2. The largest absolute Gasteiger partial charge is 0.464 e. The molecule has 136 valence electrons. The summed E-state index contributed by atoms with van der Waals surface area (Å²) in [5.41, 5.74) is -0.173. The van der Waals surface area contributed by atoms with Gasteiger partial charge in [-0.2, -0.15) is 18.3 Å². The van der Waals surface area contributed by atoms with Crippen molar-refractivity contribution in [1.82, 2.24) is 9.78 Å². The third-order valence-corrected chi connectivity index (χ3v) is 4.37. The standard InChI is InChI=1S/C17H11Cl2F3N2O2/c1-26-16(25)15-12-5-3-10(17(20,21)22)6-14(12)23-24(15)8-9-2-4-11(18)7-13(9)19/h2-7H,8H2,1H3. The topological polar surface area (TPSA) is 44.1 Å². The first kappa shape index (κ1) is 18.5. The minimum absolute atomic E-state index is 0.0327. The fourth-order valence-corrected chi connectivity index (χ4v) is 3.02. The number of esters is 1. The van der Waals surface area contributed by atoms with Crippen LogP contribution < -0.4 is 0 Å². The first-order valence-electron chi connectivity index (χ1n) is 7.30. The fraction of sp³-hybridized carbons (Fsp3) is 0.176. The van der Waals surface area contributed by atoms with Gasteiger partial charge in [0.25, 0.3) is 0 Å². The molecule has 0 saturated carbocycles. The maximum atomic E-state index is 12.9. The molecule has 2 aromatic carbocycles. The van der Waals surface area contributed by atoms with Crippen molar-refractivity contribution < 1.29 is 22.7 Å². The molecule has 0 bridgehead atoms. The van der Waals surface area contributed by atoms with Crippen molar-refractivity contribution in [3.8, 4) is 0 Å². The van der Waals surface area contributed by atoms with Gasteiger partial charge in [0.1, 0.15) is 0 Å². The minimum atomic E-state index is -4.51. The van der Waals surface area contributed by atoms with Crippen LogP contribution in [0.25, 0.3) is 10.9 Å². The molecular weight excluding hydrogens is 392 g/mol. The Bertz CT molecular complexity index is 1000. The van der Waals surface area contributed by atoms with Gasteiger partial charge in [0.15, 0.2) is 5.69 Å². The van der Waals surface area contributed by atoms with Crippen LogP contribution in [0.5, 0.6) is 0 Å². The van der Waals surface area contributed by atoms with Crippen LogP contribution in [0.1, 0.15) is 21.6 Å². The average Bonchev–Trinajstić information content (AvgIpc) is 2.93. The van der Waals surface area contributed by atoms with Gasteiger partial charge in [0, 0.05) is 15.4 Å². The van der Waals surface area contributed by atoms with Gasteiger partial charge in [0.05, 0.1) is 24.7 Å². The third-order valence-electron chi connectivity index (χ3n) is 3.78. The summed E-state index contributed by atoms with van der Waals surface area (Å²) in [7, 11) is 1.19. The summed E-state index contributed by atoms with van der Waals surface area (Å²) in [6.07, 6.45) is -4.51. The van der Waals surface area contributed by atoms with E-state index in [2.05, 4.69) is 5.10 Å². The molecule has 1 aromatic heterocycles. The van der Waals surface area contributed by atoms with E-state index in [0.717, 1.165) is 12.1 Å². The van der Waals surface area contributed by atoms with Crippen molar-refractivity contribution in [2.75, 3.05) is 7.11 Å². The van der Waals surface area contributed by atoms with Crippen molar-refractivity contribution in [3.63, 3.8) is 0 Å². The van der Waals surface area contributed by atoms with E-state index in [4.69, 9.17) is 27.9 Å². The number of fused-ring (bicyclic) bond motifs is 1. The van der Waals surface area contributed by atoms with Crippen LogP contribution in [0, 0.1) is 0 Å². The molecule has 0 N–H and O–H groups in total. The number of methoxy groups -OCH3 is 1. The van der Waals surface area contributed by atoms with Crippen molar-refractivity contribution in [1.29, 1.82) is 0 Å². The Morgan fingerprint density at radius 1 is 1.19 bits per heavy atom. The Morgan fingerprint density at radius 2 is 1.92 bits per heavy atom. The maximum Gasteiger partial charge on any atom is 0.416 e. The Hall–Kier alpha value is -2.25. The lowest BCUT2D eigenvalue weighted by Crippen LogP contribution is -2.13. The lowest BCUT2D eigenvalue weighted by Gasteiger charge is -2.08. The predicted molar refractivity (Wildman–Crippen MR) is 91.6 cm³/mol. The molecule has 0 aliphatic rings. The molecule has 3 aromatic rings. The van der Waals surface area contributed by atoms with E-state index in [1.807, 2.05) is 0 Å². The Kier molecular flexibility index (Phi) is 4.86. The molecule has 9 heteroatoms. The summed E-state index contributed by atoms with van der Waals surface area (Å²) >= 11 is 12.0. The van der Waals surface area contributed by atoms with Crippen LogP contribution >= 0.6 is 23.2 Å². The van der Waals surface area contributed by atoms with Gasteiger partial charge in [-0.3, -0.25) is 4.68 Å². The highest BCUT2D eigenvalue weighted by Crippen LogP contribution is 2.32. The summed E-state index contributed by atoms with van der Waals surface area (Å²) < 4.78 is 44.8. The Morgan fingerprint density at radius 3 is 2.54 bits per heavy atom. The molecule has 0 aliphatic heterocycles. The number of halogens is 5. The molecule has 1 heterocycles. The highest BCUT2D eigenvalue weighted by atomic mass is 35.5. The van der Waals surface area contributed by atoms with E-state index >= 15 is 0 Å². The number of hydrogen-bond donors (Lipinski definition) is 0. The number of rotatable bonds is 3. The number of carbonyl (C=O) groups excluding carboxylic acids is 1. The molecule has 0 atom stereocenters. The van der Waals surface area contributed by atoms with Crippen LogP contribution in [0.3, 0.4) is 0 Å². The number of alkyl halides is 3. The smallest absolute Gasteiger partial charge is 0.416 e. The molecular formula is C17H11Cl2F3N2O2. The van der Waals surface area contributed by atoms with Crippen LogP contribution in [-0.4, -0.2) is 22.9 Å². The molecule has 0 spiro atoms. The number of hydrogen-bond acceptors (Lipinski definition) is 3. The second kappa shape index (κ2) is 6.81. The second-order valence-electron chi connectivity index (χ2n) is 5.46. The molecule has 26 heavy (non-hydrogen) atoms. The van der Waals surface area contributed by atoms with E-state index in [-0.39, 0.29) is 23.1 Å². The van der Waals surface area contributed by atoms with Crippen LogP contribution in [0.4, 0.5) is 13.2 Å². The normalized spacial score (nSPS) is 11.8. The van der Waals surface area contributed by atoms with Gasteiger partial charge < -0.3 is 4.74 Å². The third kappa shape index (κ3) is 3.50. The predicted octanol–water partition coefficient (Wildman–Crippen LogP) is 5.20. The molecule has 0 fully saturated rings. The molecule has 0 radical (unpaired) electrons. The summed E-state index contributed by atoms with van der Waals surface area (Å²) in [6.45, 7) is 0.0659. The van der Waals surface area contributed by atoms with E-state index < -0.39 is 17.7 Å². The van der Waals surface area contributed by atoms with Crippen molar-refractivity contribution in [3.05, 3.63) is 63.3 Å². The lowest BCUT2D eigenvalue weighted by atomic mass is 10.1. The summed E-state index contributed by atoms with van der Waals surface area (Å²) in [6, 6.07) is 7.79. The van der Waals surface area contributed by atoms with E-state index in [1.54, 1.807) is 12.1 Å². The van der Waals surface area contributed by atoms with Crippen LogP contribution in [0.2, 0.25) is 10.0 Å². The molecule has 0 aliphatic carbocycles. The van der Waals surface area contributed by atoms with Crippen molar-refractivity contribution in [2.24, 2.45) is 0 Å². The van der Waals surface area contributed by atoms with Gasteiger partial charge in [-0.1, -0.05) is 29.3 Å². The van der Waals surface area contributed by atoms with E-state index in [9.17, 15) is 18.0 Å². The zero-order valence-corrected chi connectivity index (χ0v) is 14.8. The van der Waals surface area contributed by atoms with Gasteiger partial charge in [-0.05, 0) is 35.9 Å². The van der Waals surface area contributed by atoms with Crippen LogP contribution in [0.15, 0.2) is 36.4 Å². The summed E-state index contributed by atoms with van der Waals surface area (Å²) in [5.74, 6) is -0.711. The van der Waals surface area contributed by atoms with E-state index in [0.29, 0.717) is 15.6 Å². The maximum absolute atomic E-state index is 12.9. The molecule has 4 nitrogen and oxygen atoms in total. The van der Waals surface area contributed by atoms with Crippen molar-refractivity contribution in [2.45, 2.75) is 12.7 Å². The van der Waals surface area contributed by atoms with Gasteiger partial charge >= 0.3 is 12.1 Å². The minimum Gasteiger partial charge on any atom is -0.464 e. The molecule has 0 unspecified atom stereocenters. The van der Waals surface area contributed by atoms with Crippen molar-refractivity contribution >= 4 is 40.1 Å². The first-order chi connectivity index (χ1) is 12.2. The van der Waals surface area contributed by atoms with Gasteiger partial charge in [-0.15, -0.1) is 0 Å². The van der Waals surface area contributed by atoms with Gasteiger partial charge in [0.2, 0.25) is 0 Å². The van der Waals surface area contributed by atoms with Crippen LogP contribution in [-0.2, 0) is 17.5 Å². The highest BCUT2D eigenvalue weighted by Gasteiger charge is 2.31. The lowest BCUT2D eigenvalue weighted by molar-refractivity contribution is -0.137. The zero-order valence-electron chi connectivity index (χ0n) is 13.3. The molecule has 0 amide bonds. The summed E-state index contributed by atoms with van der Waals surface area (Å²) in [4.78, 5) is 12.2. The molecule has 0 saturated heterocycles. The zero-order chi connectivity index (χ0) is 19.1. The number of benzene rings is 2.